The van der Waals surface area contributed by atoms with E-state index < -0.39 is 53.7 Å². The highest BCUT2D eigenvalue weighted by Gasteiger charge is 2.44. The van der Waals surface area contributed by atoms with Crippen LogP contribution in [0.5, 0.6) is 0 Å². The number of ether oxygens (including phenoxy) is 3. The lowest BCUT2D eigenvalue weighted by molar-refractivity contribution is -0.0907. The number of rotatable bonds is 11. The Kier molecular flexibility index (Phi) is 9.21. The average Bonchev–Trinajstić information content (AvgIpc) is 3.64. The van der Waals surface area contributed by atoms with E-state index in [-0.39, 0.29) is 53.9 Å². The SMILES string of the molecule is CC(C)CN(CC(O)C(Cc1ccccc1)NC(=O)O[C@H]1CO[C@@H]2OCCC21)S(=O)(=O)c1ccc2c(c1)C(=O)OB2O. The minimum atomic E-state index is -4.21. The third-order valence-electron chi connectivity index (χ3n) is 7.64. The number of hydrogen-bond donors (Lipinski definition) is 3. The second kappa shape index (κ2) is 12.7. The fourth-order valence-corrected chi connectivity index (χ4v) is 7.15. The highest BCUT2D eigenvalue weighted by atomic mass is 32.2. The third kappa shape index (κ3) is 6.63. The highest BCUT2D eigenvalue weighted by Crippen LogP contribution is 2.33. The molecule has 226 valence electrons. The van der Waals surface area contributed by atoms with E-state index in [4.69, 9.17) is 18.9 Å². The maximum absolute atomic E-state index is 13.8. The van der Waals surface area contributed by atoms with Gasteiger partial charge in [-0.15, -0.1) is 0 Å². The third-order valence-corrected chi connectivity index (χ3v) is 9.46. The number of nitrogens with zero attached hydrogens (tertiary/aromatic N) is 1. The Balaban J connectivity index is 1.35. The van der Waals surface area contributed by atoms with Crippen molar-refractivity contribution in [3.63, 3.8) is 0 Å². The van der Waals surface area contributed by atoms with Crippen LogP contribution >= 0.6 is 0 Å². The second-order valence-corrected chi connectivity index (χ2v) is 13.1. The Hall–Kier alpha value is -3.01. The van der Waals surface area contributed by atoms with Gasteiger partial charge in [0.05, 0.1) is 41.7 Å². The number of carbonyl (C=O) groups is 2. The summed E-state index contributed by atoms with van der Waals surface area (Å²) in [5.41, 5.74) is 0.971. The molecular formula is C28H35BN2O10S. The number of sulfonamides is 1. The van der Waals surface area contributed by atoms with E-state index in [9.17, 15) is 28.1 Å². The Morgan fingerprint density at radius 2 is 1.93 bits per heavy atom. The van der Waals surface area contributed by atoms with Crippen molar-refractivity contribution in [2.24, 2.45) is 11.8 Å². The van der Waals surface area contributed by atoms with Crippen LogP contribution in [0.2, 0.25) is 0 Å². The van der Waals surface area contributed by atoms with Gasteiger partial charge in [-0.05, 0) is 36.5 Å². The molecule has 3 unspecified atom stereocenters. The summed E-state index contributed by atoms with van der Waals surface area (Å²) in [4.78, 5) is 25.0. The molecule has 3 aliphatic rings. The molecule has 0 spiro atoms. The molecule has 5 rings (SSSR count). The molecule has 0 saturated carbocycles. The van der Waals surface area contributed by atoms with Crippen LogP contribution in [0, 0.1) is 11.8 Å². The number of hydrogen-bond acceptors (Lipinski definition) is 10. The van der Waals surface area contributed by atoms with Gasteiger partial charge in [-0.25, -0.2) is 18.0 Å². The molecule has 0 bridgehead atoms. The van der Waals surface area contributed by atoms with Crippen molar-refractivity contribution in [2.75, 3.05) is 26.3 Å². The molecule has 12 nitrogen and oxygen atoms in total. The Bertz CT molecular complexity index is 1390. The quantitative estimate of drug-likeness (QED) is 0.312. The number of carbonyl (C=O) groups excluding carboxylic acids is 2. The van der Waals surface area contributed by atoms with Crippen molar-refractivity contribution in [2.45, 2.75) is 56.1 Å². The molecule has 0 radical (unpaired) electrons. The molecule has 14 heteroatoms. The summed E-state index contributed by atoms with van der Waals surface area (Å²) in [5, 5.41) is 24.1. The summed E-state index contributed by atoms with van der Waals surface area (Å²) >= 11 is 0. The lowest BCUT2D eigenvalue weighted by atomic mass is 9.80. The van der Waals surface area contributed by atoms with Gasteiger partial charge in [0, 0.05) is 18.6 Å². The zero-order valence-corrected chi connectivity index (χ0v) is 24.2. The first-order valence-electron chi connectivity index (χ1n) is 14.0. The second-order valence-electron chi connectivity index (χ2n) is 11.2. The standard InChI is InChI=1S/C28H35BN2O10S/c1-17(2)14-31(42(36,37)19-8-9-22-21(13-19)26(33)41-29(22)35)15-24(32)23(12-18-6-4-3-5-7-18)30-28(34)40-25-16-39-27-20(25)10-11-38-27/h3-9,13,17,20,23-25,27,32,35H,10-12,14-16H2,1-2H3,(H,30,34)/t20?,23?,24?,25-,27-/m0/s1. The first-order chi connectivity index (χ1) is 20.0. The van der Waals surface area contributed by atoms with Crippen LogP contribution in [0.15, 0.2) is 53.4 Å². The van der Waals surface area contributed by atoms with E-state index in [2.05, 4.69) is 5.32 Å². The van der Waals surface area contributed by atoms with Crippen LogP contribution < -0.4 is 10.8 Å². The van der Waals surface area contributed by atoms with E-state index >= 15 is 0 Å². The number of aliphatic hydroxyl groups is 1. The van der Waals surface area contributed by atoms with Crippen molar-refractivity contribution in [3.8, 4) is 0 Å². The molecule has 2 aromatic rings. The molecule has 5 atom stereocenters. The summed E-state index contributed by atoms with van der Waals surface area (Å²) in [6.07, 6.45) is -2.03. The van der Waals surface area contributed by atoms with E-state index in [1.807, 2.05) is 44.2 Å². The zero-order chi connectivity index (χ0) is 30.0. The van der Waals surface area contributed by atoms with Crippen LogP contribution in [0.25, 0.3) is 0 Å². The summed E-state index contributed by atoms with van der Waals surface area (Å²) in [5.74, 6) is -0.993. The molecule has 0 aromatic heterocycles. The lowest BCUT2D eigenvalue weighted by Crippen LogP contribution is -2.51. The van der Waals surface area contributed by atoms with Crippen LogP contribution in [-0.2, 0) is 35.3 Å². The maximum Gasteiger partial charge on any atom is 0.563 e. The number of benzene rings is 2. The fraction of sp³-hybridized carbons (Fsp3) is 0.500. The summed E-state index contributed by atoms with van der Waals surface area (Å²) in [6.45, 7) is 4.14. The largest absolute Gasteiger partial charge is 0.563 e. The predicted octanol–water partition coefficient (Wildman–Crippen LogP) is 0.651. The minimum absolute atomic E-state index is 0.0363. The molecular weight excluding hydrogens is 567 g/mol. The number of nitrogens with one attached hydrogen (secondary N) is 1. The van der Waals surface area contributed by atoms with Gasteiger partial charge in [-0.1, -0.05) is 50.2 Å². The maximum atomic E-state index is 13.8. The van der Waals surface area contributed by atoms with Gasteiger partial charge >= 0.3 is 19.2 Å². The van der Waals surface area contributed by atoms with Crippen molar-refractivity contribution in [1.82, 2.24) is 9.62 Å². The summed E-state index contributed by atoms with van der Waals surface area (Å²) in [7, 11) is -5.66. The van der Waals surface area contributed by atoms with Crippen molar-refractivity contribution in [3.05, 3.63) is 59.7 Å². The number of amides is 1. The average molecular weight is 602 g/mol. The van der Waals surface area contributed by atoms with Gasteiger partial charge < -0.3 is 34.3 Å². The molecule has 0 aliphatic carbocycles. The number of alkyl carbamates (subject to hydrolysis) is 1. The Morgan fingerprint density at radius 1 is 1.17 bits per heavy atom. The molecule has 2 fully saturated rings. The van der Waals surface area contributed by atoms with Crippen LogP contribution in [0.1, 0.15) is 36.2 Å². The number of fused-ring (bicyclic) bond motifs is 2. The zero-order valence-electron chi connectivity index (χ0n) is 23.4. The van der Waals surface area contributed by atoms with E-state index in [1.54, 1.807) is 0 Å². The highest BCUT2D eigenvalue weighted by molar-refractivity contribution is 7.89. The Labute approximate surface area is 245 Å². The van der Waals surface area contributed by atoms with Crippen LogP contribution in [0.4, 0.5) is 4.79 Å². The topological polar surface area (TPSA) is 161 Å². The first-order valence-corrected chi connectivity index (χ1v) is 15.4. The van der Waals surface area contributed by atoms with E-state index in [0.717, 1.165) is 9.87 Å². The van der Waals surface area contributed by atoms with Gasteiger partial charge in [-0.3, -0.25) is 0 Å². The van der Waals surface area contributed by atoms with Crippen LogP contribution in [0.3, 0.4) is 0 Å². The van der Waals surface area contributed by atoms with Crippen molar-refractivity contribution < 1.29 is 47.0 Å². The summed E-state index contributed by atoms with van der Waals surface area (Å²) in [6, 6.07) is 12.1. The molecule has 1 amide bonds. The molecule has 3 heterocycles. The number of aliphatic hydroxyl groups excluding tert-OH is 1. The molecule has 2 saturated heterocycles. The van der Waals surface area contributed by atoms with E-state index in [1.165, 1.54) is 18.2 Å². The first kappa shape index (κ1) is 30.5. The monoisotopic (exact) mass is 602 g/mol. The molecule has 2 aromatic carbocycles. The molecule has 3 aliphatic heterocycles. The normalized spacial score (nSPS) is 23.0. The van der Waals surface area contributed by atoms with Gasteiger partial charge in [0.15, 0.2) is 6.29 Å². The van der Waals surface area contributed by atoms with Crippen molar-refractivity contribution >= 4 is 34.7 Å². The molecule has 3 N–H and O–H groups in total. The van der Waals surface area contributed by atoms with Gasteiger partial charge in [0.2, 0.25) is 10.0 Å². The predicted molar refractivity (Wildman–Crippen MR) is 150 cm³/mol. The molecule has 42 heavy (non-hydrogen) atoms. The lowest BCUT2D eigenvalue weighted by Gasteiger charge is -2.31. The minimum Gasteiger partial charge on any atom is -0.502 e. The fourth-order valence-electron chi connectivity index (χ4n) is 5.50. The van der Waals surface area contributed by atoms with E-state index in [0.29, 0.717) is 13.0 Å². The van der Waals surface area contributed by atoms with Gasteiger partial charge in [0.1, 0.15) is 6.10 Å². The summed E-state index contributed by atoms with van der Waals surface area (Å²) < 4.78 is 50.2. The van der Waals surface area contributed by atoms with Crippen molar-refractivity contribution in [1.29, 1.82) is 0 Å². The van der Waals surface area contributed by atoms with Gasteiger partial charge in [0.25, 0.3) is 0 Å². The van der Waals surface area contributed by atoms with Gasteiger partial charge in [-0.2, -0.15) is 4.31 Å². The van der Waals surface area contributed by atoms with Crippen LogP contribution in [-0.4, -0.2) is 92.9 Å². The smallest absolute Gasteiger partial charge is 0.502 e. The Morgan fingerprint density at radius 3 is 2.67 bits per heavy atom.